The van der Waals surface area contributed by atoms with Gasteiger partial charge in [-0.05, 0) is 37.1 Å². The Kier molecular flexibility index (Phi) is 6.04. The minimum Gasteiger partial charge on any atom is -0.464 e. The standard InChI is InChI=1S/C21H20F3N3O5S/c22-21(23,24)15-5-6-18(25-13-15)26-9-7-14(8-10-26)20(29)32-12-11-27-19(28)16-3-1-2-4-17(16)33(27,30)31/h1-6,13-14H,7-12H2. The second-order valence-electron chi connectivity index (χ2n) is 7.71. The van der Waals surface area contributed by atoms with Crippen LogP contribution >= 0.6 is 0 Å². The Balaban J connectivity index is 1.27. The molecule has 33 heavy (non-hydrogen) atoms. The number of carbonyl (C=O) groups is 2. The van der Waals surface area contributed by atoms with Crippen molar-refractivity contribution in [1.29, 1.82) is 0 Å². The first-order valence-corrected chi connectivity index (χ1v) is 11.6. The van der Waals surface area contributed by atoms with E-state index in [1.54, 1.807) is 11.0 Å². The van der Waals surface area contributed by atoms with E-state index in [4.69, 9.17) is 4.74 Å². The smallest absolute Gasteiger partial charge is 0.417 e. The maximum atomic E-state index is 12.7. The van der Waals surface area contributed by atoms with Crippen molar-refractivity contribution in [3.8, 4) is 0 Å². The summed E-state index contributed by atoms with van der Waals surface area (Å²) in [5.74, 6) is -1.19. The van der Waals surface area contributed by atoms with Gasteiger partial charge in [0, 0.05) is 19.3 Å². The number of ether oxygens (including phenoxy) is 1. The first-order valence-electron chi connectivity index (χ1n) is 10.2. The number of fused-ring (bicyclic) bond motifs is 1. The van der Waals surface area contributed by atoms with Crippen molar-refractivity contribution in [2.75, 3.05) is 31.1 Å². The lowest BCUT2D eigenvalue weighted by atomic mass is 9.97. The predicted octanol–water partition coefficient (Wildman–Crippen LogP) is 2.70. The zero-order chi connectivity index (χ0) is 23.8. The molecule has 1 fully saturated rings. The molecule has 0 aliphatic carbocycles. The van der Waals surface area contributed by atoms with Crippen molar-refractivity contribution in [1.82, 2.24) is 9.29 Å². The zero-order valence-electron chi connectivity index (χ0n) is 17.3. The second-order valence-corrected chi connectivity index (χ2v) is 9.54. The van der Waals surface area contributed by atoms with E-state index in [0.717, 1.165) is 12.3 Å². The van der Waals surface area contributed by atoms with E-state index in [0.29, 0.717) is 36.1 Å². The molecule has 2 aliphatic rings. The van der Waals surface area contributed by atoms with Crippen molar-refractivity contribution in [3.05, 3.63) is 53.7 Å². The van der Waals surface area contributed by atoms with Crippen LogP contribution in [0.3, 0.4) is 0 Å². The van der Waals surface area contributed by atoms with Gasteiger partial charge < -0.3 is 9.64 Å². The van der Waals surface area contributed by atoms with E-state index >= 15 is 0 Å². The first kappa shape index (κ1) is 23.0. The summed E-state index contributed by atoms with van der Waals surface area (Å²) < 4.78 is 69.0. The molecule has 8 nitrogen and oxygen atoms in total. The molecule has 176 valence electrons. The highest BCUT2D eigenvalue weighted by atomic mass is 32.2. The molecule has 1 amide bonds. The maximum absolute atomic E-state index is 12.7. The summed E-state index contributed by atoms with van der Waals surface area (Å²) >= 11 is 0. The summed E-state index contributed by atoms with van der Waals surface area (Å²) in [6, 6.07) is 8.15. The molecule has 2 aliphatic heterocycles. The van der Waals surface area contributed by atoms with Gasteiger partial charge in [0.15, 0.2) is 0 Å². The number of sulfonamides is 1. The molecule has 2 aromatic rings. The summed E-state index contributed by atoms with van der Waals surface area (Å²) in [4.78, 5) is 30.4. The first-order chi connectivity index (χ1) is 15.6. The van der Waals surface area contributed by atoms with E-state index in [1.165, 1.54) is 24.3 Å². The highest BCUT2D eigenvalue weighted by Crippen LogP contribution is 2.31. The molecule has 3 heterocycles. The van der Waals surface area contributed by atoms with E-state index in [2.05, 4.69) is 4.98 Å². The van der Waals surface area contributed by atoms with Crippen molar-refractivity contribution < 1.29 is 35.9 Å². The van der Waals surface area contributed by atoms with Crippen LogP contribution < -0.4 is 4.90 Å². The lowest BCUT2D eigenvalue weighted by molar-refractivity contribution is -0.149. The van der Waals surface area contributed by atoms with Crippen LogP contribution in [0.25, 0.3) is 0 Å². The van der Waals surface area contributed by atoms with Crippen LogP contribution in [0.1, 0.15) is 28.8 Å². The van der Waals surface area contributed by atoms with Crippen molar-refractivity contribution in [2.24, 2.45) is 5.92 Å². The van der Waals surface area contributed by atoms with Gasteiger partial charge >= 0.3 is 12.1 Å². The van der Waals surface area contributed by atoms with Gasteiger partial charge in [0.1, 0.15) is 17.3 Å². The van der Waals surface area contributed by atoms with Gasteiger partial charge in [-0.25, -0.2) is 17.7 Å². The fraction of sp³-hybridized carbons (Fsp3) is 0.381. The van der Waals surface area contributed by atoms with Gasteiger partial charge in [0.25, 0.3) is 15.9 Å². The number of hydrogen-bond acceptors (Lipinski definition) is 7. The third kappa shape index (κ3) is 4.52. The third-order valence-electron chi connectivity index (χ3n) is 5.68. The van der Waals surface area contributed by atoms with Crippen LogP contribution in [0.2, 0.25) is 0 Å². The van der Waals surface area contributed by atoms with Gasteiger partial charge in [-0.2, -0.15) is 13.2 Å². The Morgan fingerprint density at radius 3 is 2.42 bits per heavy atom. The summed E-state index contributed by atoms with van der Waals surface area (Å²) in [6.07, 6.45) is -2.85. The number of pyridine rings is 1. The van der Waals surface area contributed by atoms with Gasteiger partial charge in [0.05, 0.1) is 23.6 Å². The van der Waals surface area contributed by atoms with Gasteiger partial charge in [-0.15, -0.1) is 0 Å². The maximum Gasteiger partial charge on any atom is 0.417 e. The molecule has 0 spiro atoms. The molecule has 1 aromatic carbocycles. The van der Waals surface area contributed by atoms with Crippen molar-refractivity contribution >= 4 is 27.7 Å². The summed E-state index contributed by atoms with van der Waals surface area (Å²) in [5, 5.41) is 0. The molecule has 1 saturated heterocycles. The minimum absolute atomic E-state index is 0.0643. The Hall–Kier alpha value is -3.15. The fourth-order valence-corrected chi connectivity index (χ4v) is 5.44. The van der Waals surface area contributed by atoms with E-state index in [-0.39, 0.29) is 23.6 Å². The Morgan fingerprint density at radius 1 is 1.12 bits per heavy atom. The number of amides is 1. The van der Waals surface area contributed by atoms with Crippen LogP contribution in [-0.4, -0.2) is 55.8 Å². The number of benzene rings is 1. The van der Waals surface area contributed by atoms with Gasteiger partial charge in [0.2, 0.25) is 0 Å². The minimum atomic E-state index is -4.45. The lowest BCUT2D eigenvalue weighted by Gasteiger charge is -2.31. The van der Waals surface area contributed by atoms with Crippen LogP contribution in [-0.2, 0) is 25.7 Å². The summed E-state index contributed by atoms with van der Waals surface area (Å²) in [6.45, 7) is 0.271. The highest BCUT2D eigenvalue weighted by Gasteiger charge is 2.40. The average molecular weight is 483 g/mol. The number of alkyl halides is 3. The zero-order valence-corrected chi connectivity index (χ0v) is 18.1. The monoisotopic (exact) mass is 483 g/mol. The molecule has 4 rings (SSSR count). The quantitative estimate of drug-likeness (QED) is 0.604. The molecular formula is C21H20F3N3O5S. The topological polar surface area (TPSA) is 96.9 Å². The number of halogens is 3. The Bertz CT molecular complexity index is 1160. The molecular weight excluding hydrogens is 463 g/mol. The number of carbonyl (C=O) groups excluding carboxylic acids is 2. The third-order valence-corrected chi connectivity index (χ3v) is 7.52. The van der Waals surface area contributed by atoms with Crippen LogP contribution in [0.15, 0.2) is 47.5 Å². The molecule has 0 atom stereocenters. The molecule has 0 saturated carbocycles. The molecule has 0 N–H and O–H groups in total. The van der Waals surface area contributed by atoms with E-state index < -0.39 is 39.6 Å². The molecule has 0 bridgehead atoms. The van der Waals surface area contributed by atoms with E-state index in [9.17, 15) is 31.2 Å². The number of piperidine rings is 1. The summed E-state index contributed by atoms with van der Waals surface area (Å²) in [7, 11) is -3.96. The summed E-state index contributed by atoms with van der Waals surface area (Å²) in [5.41, 5.74) is -0.737. The molecule has 0 unspecified atom stereocenters. The van der Waals surface area contributed by atoms with Crippen LogP contribution in [0, 0.1) is 5.92 Å². The average Bonchev–Trinajstić information content (AvgIpc) is 2.99. The number of hydrogen-bond donors (Lipinski definition) is 0. The predicted molar refractivity (Wildman–Crippen MR) is 110 cm³/mol. The number of esters is 1. The lowest BCUT2D eigenvalue weighted by Crippen LogP contribution is -2.38. The van der Waals surface area contributed by atoms with Crippen molar-refractivity contribution in [3.63, 3.8) is 0 Å². The highest BCUT2D eigenvalue weighted by molar-refractivity contribution is 7.90. The van der Waals surface area contributed by atoms with Crippen LogP contribution in [0.5, 0.6) is 0 Å². The molecule has 0 radical (unpaired) electrons. The Morgan fingerprint density at radius 2 is 1.82 bits per heavy atom. The molecule has 12 heteroatoms. The normalized spacial score (nSPS) is 18.3. The van der Waals surface area contributed by atoms with Crippen LogP contribution in [0.4, 0.5) is 19.0 Å². The Labute approximate surface area is 188 Å². The fourth-order valence-electron chi connectivity index (χ4n) is 3.88. The number of rotatable bonds is 5. The molecule has 1 aromatic heterocycles. The number of nitrogens with zero attached hydrogens (tertiary/aromatic N) is 3. The van der Waals surface area contributed by atoms with Gasteiger partial charge in [-0.1, -0.05) is 12.1 Å². The second kappa shape index (κ2) is 8.65. The van der Waals surface area contributed by atoms with E-state index in [1.807, 2.05) is 0 Å². The SMILES string of the molecule is O=C(OCCN1C(=O)c2ccccc2S1(=O)=O)C1CCN(c2ccc(C(F)(F)F)cn2)CC1. The van der Waals surface area contributed by atoms with Crippen molar-refractivity contribution in [2.45, 2.75) is 23.9 Å². The number of aromatic nitrogens is 1. The largest absolute Gasteiger partial charge is 0.464 e. The van der Waals surface area contributed by atoms with Gasteiger partial charge in [-0.3, -0.25) is 9.59 Å². The number of anilines is 1.